The molecule has 1 aliphatic heterocycles. The lowest BCUT2D eigenvalue weighted by Gasteiger charge is -2.19. The van der Waals surface area contributed by atoms with Gasteiger partial charge >= 0.3 is 5.97 Å². The van der Waals surface area contributed by atoms with E-state index >= 15 is 0 Å². The van der Waals surface area contributed by atoms with Crippen LogP contribution in [0, 0.1) is 0 Å². The molecule has 0 aliphatic carbocycles. The number of benzene rings is 1. The zero-order chi connectivity index (χ0) is 15.7. The molecule has 0 spiro atoms. The van der Waals surface area contributed by atoms with Crippen LogP contribution in [-0.4, -0.2) is 37.6 Å². The van der Waals surface area contributed by atoms with Gasteiger partial charge in [0, 0.05) is 12.1 Å². The van der Waals surface area contributed by atoms with Crippen LogP contribution >= 0.6 is 0 Å². The summed E-state index contributed by atoms with van der Waals surface area (Å²) in [5.41, 5.74) is 3.06. The highest BCUT2D eigenvalue weighted by Gasteiger charge is 2.24. The van der Waals surface area contributed by atoms with Crippen LogP contribution in [0.5, 0.6) is 11.5 Å². The monoisotopic (exact) mass is 301 g/mol. The number of fused-ring (bicyclic) bond motifs is 1. The van der Waals surface area contributed by atoms with Crippen molar-refractivity contribution in [2.24, 2.45) is 4.99 Å². The van der Waals surface area contributed by atoms with Crippen LogP contribution in [0.25, 0.3) is 0 Å². The maximum Gasteiger partial charge on any atom is 0.339 e. The first kappa shape index (κ1) is 14.2. The van der Waals surface area contributed by atoms with Crippen molar-refractivity contribution in [2.45, 2.75) is 6.42 Å². The van der Waals surface area contributed by atoms with Crippen molar-refractivity contribution in [1.82, 2.24) is 0 Å². The Labute approximate surface area is 127 Å². The highest BCUT2D eigenvalue weighted by Crippen LogP contribution is 2.34. The average Bonchev–Trinajstić information content (AvgIpc) is 3.02. The van der Waals surface area contributed by atoms with E-state index in [2.05, 4.69) is 4.99 Å². The minimum Gasteiger partial charge on any atom is -0.493 e. The quantitative estimate of drug-likeness (QED) is 0.937. The maximum absolute atomic E-state index is 11.3. The number of aromatic carboxylic acids is 1. The predicted octanol–water partition coefficient (Wildman–Crippen LogP) is 2.39. The van der Waals surface area contributed by atoms with E-state index in [1.54, 1.807) is 14.2 Å². The Balaban J connectivity index is 2.16. The van der Waals surface area contributed by atoms with Gasteiger partial charge in [-0.2, -0.15) is 0 Å². The van der Waals surface area contributed by atoms with Crippen molar-refractivity contribution < 1.29 is 23.8 Å². The smallest absolute Gasteiger partial charge is 0.339 e. The maximum atomic E-state index is 11.3. The van der Waals surface area contributed by atoms with E-state index < -0.39 is 5.97 Å². The van der Waals surface area contributed by atoms with Crippen molar-refractivity contribution in [2.75, 3.05) is 20.8 Å². The van der Waals surface area contributed by atoms with E-state index in [0.717, 1.165) is 17.5 Å². The molecule has 1 aromatic heterocycles. The number of carboxylic acids is 1. The summed E-state index contributed by atoms with van der Waals surface area (Å²) >= 11 is 0. The molecule has 0 amide bonds. The highest BCUT2D eigenvalue weighted by molar-refractivity contribution is 6.18. The van der Waals surface area contributed by atoms with Gasteiger partial charge in [0.1, 0.15) is 18.1 Å². The van der Waals surface area contributed by atoms with Gasteiger partial charge in [-0.1, -0.05) is 0 Å². The Hall–Kier alpha value is -2.76. The summed E-state index contributed by atoms with van der Waals surface area (Å²) in [5, 5.41) is 9.26. The third-order valence-electron chi connectivity index (χ3n) is 3.66. The fourth-order valence-corrected chi connectivity index (χ4v) is 2.60. The summed E-state index contributed by atoms with van der Waals surface area (Å²) in [5.74, 6) is 0.184. The molecule has 2 heterocycles. The molecule has 1 aromatic carbocycles. The molecule has 22 heavy (non-hydrogen) atoms. The minimum atomic E-state index is -1.04. The van der Waals surface area contributed by atoms with E-state index in [1.165, 1.54) is 12.5 Å². The number of hydrogen-bond acceptors (Lipinski definition) is 5. The number of nitrogens with zero attached hydrogens (tertiary/aromatic N) is 1. The zero-order valence-corrected chi connectivity index (χ0v) is 12.3. The molecule has 0 atom stereocenters. The summed E-state index contributed by atoms with van der Waals surface area (Å²) in [6, 6.07) is 3.73. The molecule has 1 N–H and O–H groups in total. The van der Waals surface area contributed by atoms with Crippen LogP contribution in [0.3, 0.4) is 0 Å². The first-order chi connectivity index (χ1) is 10.7. The van der Waals surface area contributed by atoms with Crippen molar-refractivity contribution in [1.29, 1.82) is 0 Å². The van der Waals surface area contributed by atoms with Gasteiger partial charge in [0.05, 0.1) is 25.5 Å². The predicted molar refractivity (Wildman–Crippen MR) is 79.4 cm³/mol. The molecular formula is C16H15NO5. The molecule has 3 rings (SSSR count). The Morgan fingerprint density at radius 1 is 1.18 bits per heavy atom. The van der Waals surface area contributed by atoms with Crippen LogP contribution in [0.4, 0.5) is 0 Å². The number of carbonyl (C=O) groups is 1. The van der Waals surface area contributed by atoms with E-state index in [0.29, 0.717) is 29.3 Å². The van der Waals surface area contributed by atoms with Crippen LogP contribution in [0.1, 0.15) is 27.0 Å². The van der Waals surface area contributed by atoms with Crippen molar-refractivity contribution in [3.8, 4) is 11.5 Å². The number of methoxy groups -OCH3 is 2. The van der Waals surface area contributed by atoms with Crippen LogP contribution < -0.4 is 9.47 Å². The minimum absolute atomic E-state index is 0.0985. The lowest BCUT2D eigenvalue weighted by Crippen LogP contribution is -2.16. The molecule has 0 fully saturated rings. The highest BCUT2D eigenvalue weighted by atomic mass is 16.5. The molecule has 0 saturated heterocycles. The summed E-state index contributed by atoms with van der Waals surface area (Å²) in [6.45, 7) is 0.585. The van der Waals surface area contributed by atoms with Crippen molar-refractivity contribution >= 4 is 11.7 Å². The Bertz CT molecular complexity index is 760. The summed E-state index contributed by atoms with van der Waals surface area (Å²) in [6.07, 6.45) is 3.39. The number of furan rings is 1. The SMILES string of the molecule is COc1cc2c(cc1OC)C(c1cocc1C(=O)O)=NCC2. The molecular weight excluding hydrogens is 286 g/mol. The average molecular weight is 301 g/mol. The molecule has 0 unspecified atom stereocenters. The van der Waals surface area contributed by atoms with Gasteiger partial charge in [0.25, 0.3) is 0 Å². The lowest BCUT2D eigenvalue weighted by molar-refractivity contribution is 0.0696. The first-order valence-corrected chi connectivity index (χ1v) is 6.75. The van der Waals surface area contributed by atoms with Crippen molar-refractivity contribution in [3.63, 3.8) is 0 Å². The molecule has 114 valence electrons. The zero-order valence-electron chi connectivity index (χ0n) is 12.3. The number of hydrogen-bond donors (Lipinski definition) is 1. The molecule has 0 saturated carbocycles. The van der Waals surface area contributed by atoms with E-state index in [1.807, 2.05) is 12.1 Å². The largest absolute Gasteiger partial charge is 0.493 e. The lowest BCUT2D eigenvalue weighted by atomic mass is 9.92. The second-order valence-electron chi connectivity index (χ2n) is 4.85. The van der Waals surface area contributed by atoms with Crippen LogP contribution in [0.2, 0.25) is 0 Å². The van der Waals surface area contributed by atoms with Gasteiger partial charge in [0.2, 0.25) is 0 Å². The molecule has 0 radical (unpaired) electrons. The van der Waals surface area contributed by atoms with E-state index in [4.69, 9.17) is 13.9 Å². The van der Waals surface area contributed by atoms with Crippen LogP contribution in [0.15, 0.2) is 34.1 Å². The molecule has 1 aliphatic rings. The van der Waals surface area contributed by atoms with E-state index in [-0.39, 0.29) is 5.56 Å². The number of carboxylic acid groups (broad SMARTS) is 1. The number of rotatable bonds is 4. The summed E-state index contributed by atoms with van der Waals surface area (Å²) in [4.78, 5) is 15.8. The van der Waals surface area contributed by atoms with Gasteiger partial charge in [-0.15, -0.1) is 0 Å². The summed E-state index contributed by atoms with van der Waals surface area (Å²) < 4.78 is 15.7. The van der Waals surface area contributed by atoms with Gasteiger partial charge in [0.15, 0.2) is 11.5 Å². The Kier molecular flexibility index (Phi) is 3.58. The van der Waals surface area contributed by atoms with Crippen LogP contribution in [-0.2, 0) is 6.42 Å². The third kappa shape index (κ3) is 2.22. The Morgan fingerprint density at radius 2 is 1.91 bits per heavy atom. The standard InChI is InChI=1S/C16H15NO5/c1-20-13-5-9-3-4-17-15(10(9)6-14(13)21-2)11-7-22-8-12(11)16(18)19/h5-8H,3-4H2,1-2H3,(H,18,19). The van der Waals surface area contributed by atoms with Crippen molar-refractivity contribution in [3.05, 3.63) is 46.9 Å². The third-order valence-corrected chi connectivity index (χ3v) is 3.66. The molecule has 6 nitrogen and oxygen atoms in total. The molecule has 2 aromatic rings. The second-order valence-corrected chi connectivity index (χ2v) is 4.85. The number of aliphatic imine (C=N–C) groups is 1. The van der Waals surface area contributed by atoms with Gasteiger partial charge in [-0.25, -0.2) is 4.79 Å². The Morgan fingerprint density at radius 3 is 2.59 bits per heavy atom. The van der Waals surface area contributed by atoms with E-state index in [9.17, 15) is 9.90 Å². The first-order valence-electron chi connectivity index (χ1n) is 6.75. The van der Waals surface area contributed by atoms with Gasteiger partial charge < -0.3 is 19.0 Å². The second kappa shape index (κ2) is 5.55. The molecule has 6 heteroatoms. The van der Waals surface area contributed by atoms with Gasteiger partial charge in [-0.05, 0) is 24.1 Å². The molecule has 0 bridgehead atoms. The fourth-order valence-electron chi connectivity index (χ4n) is 2.60. The fraction of sp³-hybridized carbons (Fsp3) is 0.250. The normalized spacial score (nSPS) is 13.3. The topological polar surface area (TPSA) is 81.3 Å². The van der Waals surface area contributed by atoms with Gasteiger partial charge in [-0.3, -0.25) is 4.99 Å². The summed E-state index contributed by atoms with van der Waals surface area (Å²) in [7, 11) is 3.14. The number of ether oxygens (including phenoxy) is 2.